The van der Waals surface area contributed by atoms with Gasteiger partial charge in [-0.05, 0) is 24.8 Å². The largest absolute Gasteiger partial charge is 0.361 e. The summed E-state index contributed by atoms with van der Waals surface area (Å²) in [7, 11) is 0. The normalized spacial score (nSPS) is 25.4. The average Bonchev–Trinajstić information content (AvgIpc) is 3.18. The molecule has 1 atom stereocenters. The first-order chi connectivity index (χ1) is 11.4. The number of nitro groups is 1. The minimum Gasteiger partial charge on any atom is -0.361 e. The first-order valence-electron chi connectivity index (χ1n) is 8.02. The summed E-state index contributed by atoms with van der Waals surface area (Å²) in [6, 6.07) is 1.64. The third kappa shape index (κ3) is 2.33. The summed E-state index contributed by atoms with van der Waals surface area (Å²) < 4.78 is 0. The molecule has 3 heterocycles. The average molecular weight is 362 g/mol. The zero-order valence-corrected chi connectivity index (χ0v) is 15.2. The highest BCUT2D eigenvalue weighted by Gasteiger charge is 2.45. The first kappa shape index (κ1) is 15.9. The van der Waals surface area contributed by atoms with Crippen LogP contribution in [0.5, 0.6) is 0 Å². The van der Waals surface area contributed by atoms with Gasteiger partial charge in [0, 0.05) is 50.4 Å². The Hall–Kier alpha value is -1.60. The van der Waals surface area contributed by atoms with Crippen LogP contribution in [0.1, 0.15) is 44.6 Å². The smallest absolute Gasteiger partial charge is 0.324 e. The summed E-state index contributed by atoms with van der Waals surface area (Å²) in [6.07, 6.45) is 2.67. The number of carbonyl (C=O) groups excluding carboxylic acids is 1. The fraction of sp³-hybridized carbons (Fsp3) is 0.471. The van der Waals surface area contributed by atoms with Gasteiger partial charge in [0.15, 0.2) is 5.78 Å². The van der Waals surface area contributed by atoms with Crippen molar-refractivity contribution in [3.8, 4) is 0 Å². The monoisotopic (exact) mass is 362 g/mol. The number of hydrogen-bond acceptors (Lipinski definition) is 6. The van der Waals surface area contributed by atoms with Crippen molar-refractivity contribution in [2.75, 3.05) is 5.75 Å². The fourth-order valence-electron chi connectivity index (χ4n) is 3.69. The van der Waals surface area contributed by atoms with Crippen LogP contribution < -0.4 is 5.32 Å². The molecule has 1 aromatic rings. The summed E-state index contributed by atoms with van der Waals surface area (Å²) in [5, 5.41) is 16.6. The van der Waals surface area contributed by atoms with Crippen molar-refractivity contribution in [1.82, 2.24) is 5.32 Å². The van der Waals surface area contributed by atoms with Gasteiger partial charge < -0.3 is 5.32 Å². The highest BCUT2D eigenvalue weighted by molar-refractivity contribution is 8.03. The van der Waals surface area contributed by atoms with E-state index in [0.717, 1.165) is 53.2 Å². The summed E-state index contributed by atoms with van der Waals surface area (Å²) in [4.78, 5) is 25.0. The van der Waals surface area contributed by atoms with E-state index < -0.39 is 0 Å². The summed E-state index contributed by atoms with van der Waals surface area (Å²) in [6.45, 7) is 4.00. The molecule has 0 radical (unpaired) electrons. The maximum atomic E-state index is 13.1. The number of ketones is 1. The quantitative estimate of drug-likeness (QED) is 0.626. The minimum absolute atomic E-state index is 0.137. The SMILES string of the molecule is CC1(C)CCC2=C(C1=O)C(c1csc([N+](=O)[O-])c1)C1=C(CCS1)N2. The molecule has 0 fully saturated rings. The lowest BCUT2D eigenvalue weighted by molar-refractivity contribution is -0.380. The van der Waals surface area contributed by atoms with Crippen molar-refractivity contribution in [2.45, 2.75) is 39.0 Å². The molecule has 1 aromatic heterocycles. The molecule has 1 unspecified atom stereocenters. The highest BCUT2D eigenvalue weighted by Crippen LogP contribution is 2.53. The predicted octanol–water partition coefficient (Wildman–Crippen LogP) is 4.33. The van der Waals surface area contributed by atoms with Gasteiger partial charge in [0.05, 0.1) is 4.92 Å². The number of thiophene rings is 1. The number of allylic oxidation sites excluding steroid dienone is 4. The van der Waals surface area contributed by atoms with Gasteiger partial charge in [0.2, 0.25) is 0 Å². The van der Waals surface area contributed by atoms with Crippen LogP contribution in [0.25, 0.3) is 0 Å². The van der Waals surface area contributed by atoms with Gasteiger partial charge in [-0.15, -0.1) is 11.8 Å². The van der Waals surface area contributed by atoms with Crippen LogP contribution in [0.15, 0.2) is 33.3 Å². The zero-order valence-electron chi connectivity index (χ0n) is 13.5. The van der Waals surface area contributed by atoms with Crippen molar-refractivity contribution in [1.29, 1.82) is 0 Å². The molecule has 4 rings (SSSR count). The second-order valence-corrected chi connectivity index (χ2v) is 9.11. The molecule has 7 heteroatoms. The number of hydrogen-bond donors (Lipinski definition) is 1. The molecule has 0 amide bonds. The van der Waals surface area contributed by atoms with Crippen molar-refractivity contribution in [3.63, 3.8) is 0 Å². The van der Waals surface area contributed by atoms with Crippen molar-refractivity contribution < 1.29 is 9.72 Å². The second kappa shape index (κ2) is 5.46. The minimum atomic E-state index is -0.373. The predicted molar refractivity (Wildman–Crippen MR) is 96.0 cm³/mol. The van der Waals surface area contributed by atoms with E-state index >= 15 is 0 Å². The fourth-order valence-corrected chi connectivity index (χ4v) is 5.72. The van der Waals surface area contributed by atoms with Crippen molar-refractivity contribution in [3.05, 3.63) is 49.0 Å². The Bertz CT molecular complexity index is 820. The van der Waals surface area contributed by atoms with Gasteiger partial charge in [-0.1, -0.05) is 25.2 Å². The van der Waals surface area contributed by atoms with Crippen LogP contribution in [-0.2, 0) is 4.79 Å². The lowest BCUT2D eigenvalue weighted by Crippen LogP contribution is -2.38. The maximum absolute atomic E-state index is 13.1. The standard InChI is InChI=1S/C17H18N2O3S2/c1-17(2)5-3-10-14(16(17)20)13(15-11(18-10)4-6-23-15)9-7-12(19(21)22)24-8-9/h7-8,13,18H,3-6H2,1-2H3. The number of Topliss-reactive ketones (excluding diaryl/α,β-unsaturated/α-hetero) is 1. The van der Waals surface area contributed by atoms with Crippen LogP contribution in [-0.4, -0.2) is 16.5 Å². The van der Waals surface area contributed by atoms with Gasteiger partial charge in [-0.3, -0.25) is 14.9 Å². The maximum Gasteiger partial charge on any atom is 0.324 e. The number of carbonyl (C=O) groups is 1. The Morgan fingerprint density at radius 1 is 1.33 bits per heavy atom. The number of thioether (sulfide) groups is 1. The zero-order chi connectivity index (χ0) is 17.1. The van der Waals surface area contributed by atoms with E-state index in [1.807, 2.05) is 19.2 Å². The van der Waals surface area contributed by atoms with E-state index in [1.54, 1.807) is 17.8 Å². The molecule has 24 heavy (non-hydrogen) atoms. The Morgan fingerprint density at radius 2 is 2.12 bits per heavy atom. The molecule has 0 saturated heterocycles. The molecule has 3 aliphatic rings. The Balaban J connectivity index is 1.85. The van der Waals surface area contributed by atoms with Crippen molar-refractivity contribution >= 4 is 33.9 Å². The Kier molecular flexibility index (Phi) is 3.61. The van der Waals surface area contributed by atoms with E-state index in [4.69, 9.17) is 0 Å². The Labute approximate surface area is 148 Å². The number of nitrogens with one attached hydrogen (secondary N) is 1. The van der Waals surface area contributed by atoms with E-state index in [-0.39, 0.29) is 27.0 Å². The second-order valence-electron chi connectivity index (χ2n) is 7.08. The number of rotatable bonds is 2. The number of dihydropyridines is 1. The molecule has 1 N–H and O–H groups in total. The molecule has 2 aliphatic heterocycles. The lowest BCUT2D eigenvalue weighted by Gasteiger charge is -2.38. The van der Waals surface area contributed by atoms with Gasteiger partial charge in [0.1, 0.15) is 0 Å². The third-order valence-corrected chi connectivity index (χ3v) is 7.16. The van der Waals surface area contributed by atoms with Gasteiger partial charge >= 0.3 is 5.00 Å². The van der Waals surface area contributed by atoms with Gasteiger partial charge in [-0.25, -0.2) is 0 Å². The summed E-state index contributed by atoms with van der Waals surface area (Å²) in [5.41, 5.74) is 3.56. The molecule has 1 aliphatic carbocycles. The highest BCUT2D eigenvalue weighted by atomic mass is 32.2. The molecule has 5 nitrogen and oxygen atoms in total. The molecule has 0 bridgehead atoms. The molecule has 0 spiro atoms. The molecular formula is C17H18N2O3S2. The van der Waals surface area contributed by atoms with Gasteiger partial charge in [-0.2, -0.15) is 0 Å². The van der Waals surface area contributed by atoms with Crippen LogP contribution in [0.2, 0.25) is 0 Å². The molecule has 0 saturated carbocycles. The van der Waals surface area contributed by atoms with Gasteiger partial charge in [0.25, 0.3) is 0 Å². The molecule has 0 aromatic carbocycles. The van der Waals surface area contributed by atoms with Crippen molar-refractivity contribution in [2.24, 2.45) is 5.41 Å². The first-order valence-corrected chi connectivity index (χ1v) is 9.88. The van der Waals surface area contributed by atoms with E-state index in [9.17, 15) is 14.9 Å². The van der Waals surface area contributed by atoms with Crippen LogP contribution in [0, 0.1) is 15.5 Å². The summed E-state index contributed by atoms with van der Waals surface area (Å²) in [5.74, 6) is 1.04. The van der Waals surface area contributed by atoms with E-state index in [0.29, 0.717) is 0 Å². The van der Waals surface area contributed by atoms with Crippen LogP contribution >= 0.6 is 23.1 Å². The third-order valence-electron chi connectivity index (χ3n) is 5.06. The van der Waals surface area contributed by atoms with E-state index in [2.05, 4.69) is 5.32 Å². The van der Waals surface area contributed by atoms with Crippen LogP contribution in [0.3, 0.4) is 0 Å². The van der Waals surface area contributed by atoms with E-state index in [1.165, 1.54) is 10.6 Å². The molecule has 126 valence electrons. The molecular weight excluding hydrogens is 344 g/mol. The topological polar surface area (TPSA) is 72.2 Å². The summed E-state index contributed by atoms with van der Waals surface area (Å²) >= 11 is 2.91. The lowest BCUT2D eigenvalue weighted by atomic mass is 9.69. The Morgan fingerprint density at radius 3 is 2.83 bits per heavy atom. The number of nitrogens with zero attached hydrogens (tertiary/aromatic N) is 1. The van der Waals surface area contributed by atoms with Crippen LogP contribution in [0.4, 0.5) is 5.00 Å².